The number of hydrogen-bond acceptors (Lipinski definition) is 6. The van der Waals surface area contributed by atoms with E-state index < -0.39 is 0 Å². The van der Waals surface area contributed by atoms with Crippen LogP contribution in [0.1, 0.15) is 16.1 Å². The van der Waals surface area contributed by atoms with E-state index in [0.717, 1.165) is 18.9 Å². The number of H-pyrrole nitrogens is 1. The highest BCUT2D eigenvalue weighted by atomic mass is 16.2. The molecular formula is C20H20N8O2. The lowest BCUT2D eigenvalue weighted by atomic mass is 10.2. The molecule has 10 nitrogen and oxygen atoms in total. The number of aromatic nitrogens is 6. The Labute approximate surface area is 171 Å². The van der Waals surface area contributed by atoms with Gasteiger partial charge in [0.25, 0.3) is 11.5 Å². The average Bonchev–Trinajstić information content (AvgIpc) is 3.41. The number of fused-ring (bicyclic) bond motifs is 1. The Kier molecular flexibility index (Phi) is 4.31. The van der Waals surface area contributed by atoms with E-state index in [1.54, 1.807) is 31.5 Å². The molecule has 1 aliphatic rings. The molecule has 0 saturated carbocycles. The monoisotopic (exact) mass is 404 g/mol. The molecule has 4 aromatic rings. The minimum atomic E-state index is -0.265. The first-order chi connectivity index (χ1) is 14.6. The van der Waals surface area contributed by atoms with Crippen LogP contribution in [-0.2, 0) is 0 Å². The first-order valence-electron chi connectivity index (χ1n) is 9.70. The second-order valence-electron chi connectivity index (χ2n) is 7.14. The molecule has 1 fully saturated rings. The van der Waals surface area contributed by atoms with Gasteiger partial charge in [0, 0.05) is 38.6 Å². The van der Waals surface area contributed by atoms with Crippen molar-refractivity contribution >= 4 is 17.2 Å². The van der Waals surface area contributed by atoms with Crippen molar-refractivity contribution in [1.29, 1.82) is 0 Å². The van der Waals surface area contributed by atoms with Crippen LogP contribution in [0.4, 0.5) is 5.82 Å². The predicted molar refractivity (Wildman–Crippen MR) is 110 cm³/mol. The zero-order valence-corrected chi connectivity index (χ0v) is 16.4. The van der Waals surface area contributed by atoms with Gasteiger partial charge in [-0.05, 0) is 31.2 Å². The summed E-state index contributed by atoms with van der Waals surface area (Å²) in [6.45, 7) is 4.43. The number of nitrogens with one attached hydrogen (secondary N) is 1. The van der Waals surface area contributed by atoms with Crippen LogP contribution in [0.3, 0.4) is 0 Å². The number of hydrogen-bond donors (Lipinski definition) is 1. The van der Waals surface area contributed by atoms with E-state index in [2.05, 4.69) is 25.1 Å². The van der Waals surface area contributed by atoms with E-state index >= 15 is 0 Å². The summed E-state index contributed by atoms with van der Waals surface area (Å²) in [5, 5.41) is 8.68. The molecule has 0 spiro atoms. The Balaban J connectivity index is 1.36. The zero-order valence-electron chi connectivity index (χ0n) is 16.4. The summed E-state index contributed by atoms with van der Waals surface area (Å²) >= 11 is 0. The highest BCUT2D eigenvalue weighted by Crippen LogP contribution is 2.17. The van der Waals surface area contributed by atoms with Gasteiger partial charge in [-0.1, -0.05) is 6.07 Å². The maximum Gasteiger partial charge on any atom is 0.276 e. The minimum absolute atomic E-state index is 0.0798. The molecule has 1 amide bonds. The number of anilines is 1. The van der Waals surface area contributed by atoms with Gasteiger partial charge in [-0.15, -0.1) is 5.10 Å². The molecule has 10 heteroatoms. The van der Waals surface area contributed by atoms with E-state index in [1.165, 1.54) is 15.4 Å². The molecule has 1 N–H and O–H groups in total. The van der Waals surface area contributed by atoms with Crippen LogP contribution in [0.5, 0.6) is 0 Å². The highest BCUT2D eigenvalue weighted by molar-refractivity contribution is 5.95. The van der Waals surface area contributed by atoms with Crippen LogP contribution < -0.4 is 10.5 Å². The van der Waals surface area contributed by atoms with Gasteiger partial charge in [-0.25, -0.2) is 14.2 Å². The van der Waals surface area contributed by atoms with E-state index in [0.29, 0.717) is 29.9 Å². The fourth-order valence-electron chi connectivity index (χ4n) is 3.71. The third-order valence-corrected chi connectivity index (χ3v) is 5.37. The molecule has 5 rings (SSSR count). The minimum Gasteiger partial charge on any atom is -0.353 e. The van der Waals surface area contributed by atoms with Gasteiger partial charge < -0.3 is 9.80 Å². The number of rotatable bonds is 3. The molecule has 5 heterocycles. The van der Waals surface area contributed by atoms with Crippen LogP contribution in [0, 0.1) is 6.92 Å². The van der Waals surface area contributed by atoms with E-state index in [1.807, 2.05) is 23.1 Å². The fourth-order valence-corrected chi connectivity index (χ4v) is 3.71. The molecule has 30 heavy (non-hydrogen) atoms. The summed E-state index contributed by atoms with van der Waals surface area (Å²) in [5.74, 6) is 1.10. The summed E-state index contributed by atoms with van der Waals surface area (Å²) in [6, 6.07) is 9.25. The van der Waals surface area contributed by atoms with Gasteiger partial charge in [0.05, 0.1) is 17.5 Å². The topological polar surface area (TPSA) is 104 Å². The summed E-state index contributed by atoms with van der Waals surface area (Å²) in [6.07, 6.45) is 5.00. The molecular weight excluding hydrogens is 384 g/mol. The molecule has 4 aromatic heterocycles. The lowest BCUT2D eigenvalue weighted by Gasteiger charge is -2.35. The second kappa shape index (κ2) is 7.14. The third-order valence-electron chi connectivity index (χ3n) is 5.37. The first-order valence-corrected chi connectivity index (χ1v) is 9.70. The van der Waals surface area contributed by atoms with Gasteiger partial charge in [0.15, 0.2) is 0 Å². The smallest absolute Gasteiger partial charge is 0.276 e. The van der Waals surface area contributed by atoms with Crippen molar-refractivity contribution in [2.24, 2.45) is 0 Å². The van der Waals surface area contributed by atoms with Crippen LogP contribution >= 0.6 is 0 Å². The Morgan fingerprint density at radius 2 is 1.93 bits per heavy atom. The molecule has 0 bridgehead atoms. The van der Waals surface area contributed by atoms with Crippen LogP contribution in [0.25, 0.3) is 11.5 Å². The molecule has 0 radical (unpaired) electrons. The van der Waals surface area contributed by atoms with Gasteiger partial charge in [0.1, 0.15) is 11.3 Å². The van der Waals surface area contributed by atoms with E-state index in [9.17, 15) is 9.59 Å². The van der Waals surface area contributed by atoms with Crippen molar-refractivity contribution in [3.63, 3.8) is 0 Å². The lowest BCUT2D eigenvalue weighted by Crippen LogP contribution is -2.49. The van der Waals surface area contributed by atoms with Crippen molar-refractivity contribution in [2.45, 2.75) is 6.92 Å². The van der Waals surface area contributed by atoms with Crippen molar-refractivity contribution in [1.82, 2.24) is 34.3 Å². The quantitative estimate of drug-likeness (QED) is 0.543. The molecule has 152 valence electrons. The fraction of sp³-hybridized carbons (Fsp3) is 0.250. The number of piperazine rings is 1. The lowest BCUT2D eigenvalue weighted by molar-refractivity contribution is 0.0745. The summed E-state index contributed by atoms with van der Waals surface area (Å²) in [4.78, 5) is 36.4. The maximum absolute atomic E-state index is 13.1. The van der Waals surface area contributed by atoms with Crippen LogP contribution in [-0.4, -0.2) is 66.3 Å². The molecule has 0 atom stereocenters. The van der Waals surface area contributed by atoms with Gasteiger partial charge >= 0.3 is 0 Å². The summed E-state index contributed by atoms with van der Waals surface area (Å²) < 4.78 is 2.98. The van der Waals surface area contributed by atoms with Crippen LogP contribution in [0.2, 0.25) is 0 Å². The highest BCUT2D eigenvalue weighted by Gasteiger charge is 2.26. The molecule has 0 unspecified atom stereocenters. The number of carbonyl (C=O) groups excluding carboxylic acids is 1. The first kappa shape index (κ1) is 18.1. The SMILES string of the molecule is Cc1c(C(=O)N2CCN(c3ccccn3)CC2)cnn1-c1nn2cccc2c(=O)[nH]1. The number of carbonyl (C=O) groups is 1. The average molecular weight is 404 g/mol. The number of amides is 1. The number of nitrogens with zero attached hydrogens (tertiary/aromatic N) is 7. The van der Waals surface area contributed by atoms with Crippen molar-refractivity contribution < 1.29 is 4.79 Å². The standard InChI is InChI=1S/C20H20N8O2/c1-14-15(13-22-28(14)20-23-18(29)16-5-4-8-27(16)24-20)19(30)26-11-9-25(10-12-26)17-6-2-3-7-21-17/h2-8,13H,9-12H2,1H3,(H,23,24,29). The zero-order chi connectivity index (χ0) is 20.7. The number of aromatic amines is 1. The number of pyridine rings is 1. The maximum atomic E-state index is 13.1. The van der Waals surface area contributed by atoms with Crippen molar-refractivity contribution in [3.8, 4) is 5.95 Å². The molecule has 0 aromatic carbocycles. The summed E-state index contributed by atoms with van der Waals surface area (Å²) in [7, 11) is 0. The Morgan fingerprint density at radius 1 is 1.10 bits per heavy atom. The Morgan fingerprint density at radius 3 is 2.70 bits per heavy atom. The largest absolute Gasteiger partial charge is 0.353 e. The summed E-state index contributed by atoms with van der Waals surface area (Å²) in [5.41, 5.74) is 1.31. The van der Waals surface area contributed by atoms with E-state index in [4.69, 9.17) is 0 Å². The van der Waals surface area contributed by atoms with Gasteiger partial charge in [0.2, 0.25) is 5.95 Å². The predicted octanol–water partition coefficient (Wildman–Crippen LogP) is 0.874. The van der Waals surface area contributed by atoms with Gasteiger partial charge in [-0.2, -0.15) is 5.10 Å². The van der Waals surface area contributed by atoms with E-state index in [-0.39, 0.29) is 17.4 Å². The van der Waals surface area contributed by atoms with Gasteiger partial charge in [-0.3, -0.25) is 14.6 Å². The second-order valence-corrected chi connectivity index (χ2v) is 7.14. The Bertz CT molecular complexity index is 1260. The normalized spacial score (nSPS) is 14.4. The third kappa shape index (κ3) is 3.02. The molecule has 1 aliphatic heterocycles. The van der Waals surface area contributed by atoms with Crippen molar-refractivity contribution in [2.75, 3.05) is 31.1 Å². The molecule has 1 saturated heterocycles. The molecule has 0 aliphatic carbocycles. The van der Waals surface area contributed by atoms with Crippen molar-refractivity contribution in [3.05, 3.63) is 70.5 Å². The Hall–Kier alpha value is -3.95. The van der Waals surface area contributed by atoms with Crippen LogP contribution in [0.15, 0.2) is 53.7 Å².